The summed E-state index contributed by atoms with van der Waals surface area (Å²) in [6.07, 6.45) is 9.46. The molecule has 0 radical (unpaired) electrons. The van der Waals surface area contributed by atoms with Crippen LogP contribution in [0.15, 0.2) is 22.8 Å². The number of fused-ring (bicyclic) bond motifs is 6. The van der Waals surface area contributed by atoms with Crippen molar-refractivity contribution in [1.82, 2.24) is 0 Å². The van der Waals surface area contributed by atoms with Crippen LogP contribution in [-0.2, 0) is 14.3 Å². The van der Waals surface area contributed by atoms with Crippen molar-refractivity contribution in [2.24, 2.45) is 39.4 Å². The van der Waals surface area contributed by atoms with Crippen molar-refractivity contribution in [3.63, 3.8) is 0 Å². The monoisotopic (exact) mass is 498 g/mol. The number of hydrogen-bond donors (Lipinski definition) is 1. The van der Waals surface area contributed by atoms with E-state index in [9.17, 15) is 9.90 Å². The number of allylic oxidation sites excluding steroid dienone is 3. The standard InChI is InChI=1S/C32H50O4/c1-18(2)16-23-28(35-20(4)33)19(3)27-24(36-23)17-32(9)22-10-11-25-29(5,6)26(34)13-14-30(25,7)21(22)12-15-31(27,32)8/h16,19,23-28,34H,10-15,17H2,1-9H3/t19-,23-,24+,25+,26-,27+,28-,30-,31+,32+/m0/s1. The fourth-order valence-corrected chi connectivity index (χ4v) is 10.4. The van der Waals surface area contributed by atoms with Gasteiger partial charge >= 0.3 is 5.97 Å². The van der Waals surface area contributed by atoms with Gasteiger partial charge < -0.3 is 14.6 Å². The molecule has 1 saturated heterocycles. The smallest absolute Gasteiger partial charge is 0.303 e. The van der Waals surface area contributed by atoms with Crippen LogP contribution in [0.2, 0.25) is 0 Å². The molecule has 3 fully saturated rings. The Morgan fingerprint density at radius 3 is 2.36 bits per heavy atom. The number of aliphatic hydroxyl groups is 1. The molecule has 0 aromatic carbocycles. The lowest BCUT2D eigenvalue weighted by Crippen LogP contribution is -2.56. The third-order valence-corrected chi connectivity index (χ3v) is 12.3. The minimum atomic E-state index is -0.234. The summed E-state index contributed by atoms with van der Waals surface area (Å²) in [6, 6.07) is 0. The Morgan fingerprint density at radius 1 is 1.03 bits per heavy atom. The number of carbonyl (C=O) groups excluding carboxylic acids is 1. The first-order valence-electron chi connectivity index (χ1n) is 14.6. The van der Waals surface area contributed by atoms with E-state index >= 15 is 0 Å². The van der Waals surface area contributed by atoms with Gasteiger partial charge in [0.2, 0.25) is 0 Å². The quantitative estimate of drug-likeness (QED) is 0.329. The number of hydrogen-bond acceptors (Lipinski definition) is 4. The van der Waals surface area contributed by atoms with Crippen molar-refractivity contribution >= 4 is 5.97 Å². The minimum Gasteiger partial charge on any atom is -0.459 e. The highest BCUT2D eigenvalue weighted by atomic mass is 16.6. The Morgan fingerprint density at radius 2 is 1.72 bits per heavy atom. The van der Waals surface area contributed by atoms with Gasteiger partial charge in [-0.25, -0.2) is 0 Å². The number of esters is 1. The number of ether oxygens (including phenoxy) is 2. The van der Waals surface area contributed by atoms with Gasteiger partial charge in [0.15, 0.2) is 0 Å². The van der Waals surface area contributed by atoms with Crippen molar-refractivity contribution in [2.45, 2.75) is 132 Å². The van der Waals surface area contributed by atoms with E-state index in [0.29, 0.717) is 11.8 Å². The zero-order valence-electron chi connectivity index (χ0n) is 24.2. The molecule has 0 spiro atoms. The Kier molecular flexibility index (Phi) is 6.20. The molecule has 4 aliphatic carbocycles. The van der Waals surface area contributed by atoms with Crippen LogP contribution in [-0.4, -0.2) is 35.5 Å². The van der Waals surface area contributed by atoms with E-state index in [4.69, 9.17) is 9.47 Å². The van der Waals surface area contributed by atoms with Gasteiger partial charge in [-0.1, -0.05) is 64.3 Å². The average Bonchev–Trinajstić information content (AvgIpc) is 3.00. The molecule has 1 heterocycles. The summed E-state index contributed by atoms with van der Waals surface area (Å²) in [5, 5.41) is 10.9. The van der Waals surface area contributed by atoms with Gasteiger partial charge in [-0.05, 0) is 92.3 Å². The van der Waals surface area contributed by atoms with Gasteiger partial charge in [0.25, 0.3) is 0 Å². The molecule has 0 unspecified atom stereocenters. The van der Waals surface area contributed by atoms with Crippen LogP contribution in [0.1, 0.15) is 107 Å². The summed E-state index contributed by atoms with van der Waals surface area (Å²) in [5.41, 5.74) is 5.01. The zero-order chi connectivity index (χ0) is 26.4. The Bertz CT molecular complexity index is 988. The minimum absolute atomic E-state index is 0.0384. The van der Waals surface area contributed by atoms with Gasteiger partial charge in [-0.15, -0.1) is 0 Å². The van der Waals surface area contributed by atoms with Gasteiger partial charge in [-0.2, -0.15) is 0 Å². The number of aliphatic hydroxyl groups excluding tert-OH is 1. The molecule has 1 aliphatic heterocycles. The van der Waals surface area contributed by atoms with Crippen LogP contribution in [0.5, 0.6) is 0 Å². The molecule has 0 bridgehead atoms. The van der Waals surface area contributed by atoms with E-state index in [1.807, 2.05) is 0 Å². The molecule has 5 rings (SSSR count). The van der Waals surface area contributed by atoms with Crippen molar-refractivity contribution in [3.8, 4) is 0 Å². The molecule has 0 aromatic heterocycles. The molecule has 4 nitrogen and oxygen atoms in total. The Labute approximate surface area is 219 Å². The largest absolute Gasteiger partial charge is 0.459 e. The predicted octanol–water partition coefficient (Wildman–Crippen LogP) is 7.01. The van der Waals surface area contributed by atoms with Crippen LogP contribution in [0, 0.1) is 39.4 Å². The molecular weight excluding hydrogens is 448 g/mol. The summed E-state index contributed by atoms with van der Waals surface area (Å²) < 4.78 is 12.8. The Balaban J connectivity index is 1.56. The van der Waals surface area contributed by atoms with Crippen molar-refractivity contribution in [1.29, 1.82) is 0 Å². The molecular formula is C32H50O4. The average molecular weight is 499 g/mol. The third-order valence-electron chi connectivity index (χ3n) is 12.3. The van der Waals surface area contributed by atoms with Crippen LogP contribution < -0.4 is 0 Å². The van der Waals surface area contributed by atoms with Gasteiger partial charge in [0, 0.05) is 12.8 Å². The van der Waals surface area contributed by atoms with Gasteiger partial charge in [0.05, 0.1) is 12.2 Å². The normalized spacial score (nSPS) is 49.3. The zero-order valence-corrected chi connectivity index (χ0v) is 24.2. The third kappa shape index (κ3) is 3.49. The molecule has 10 atom stereocenters. The SMILES string of the molecule is CC(=O)O[C@H]1[C@@H](C)[C@@H]2[C@@H](C[C@]3(C)C4=C(CC[C@]23C)[C@]2(C)CC[C@H](O)C(C)(C)[C@H]2CC4)O[C@H]1C=C(C)C. The first kappa shape index (κ1) is 26.5. The summed E-state index contributed by atoms with van der Waals surface area (Å²) in [5.74, 6) is 0.944. The van der Waals surface area contributed by atoms with Crippen molar-refractivity contribution in [3.05, 3.63) is 22.8 Å². The lowest BCUT2D eigenvalue weighted by molar-refractivity contribution is -0.191. The predicted molar refractivity (Wildman–Crippen MR) is 143 cm³/mol. The first-order chi connectivity index (χ1) is 16.7. The van der Waals surface area contributed by atoms with E-state index in [2.05, 4.69) is 61.5 Å². The highest BCUT2D eigenvalue weighted by molar-refractivity contribution is 5.66. The van der Waals surface area contributed by atoms with E-state index in [1.165, 1.54) is 25.3 Å². The summed E-state index contributed by atoms with van der Waals surface area (Å²) in [4.78, 5) is 12.1. The molecule has 1 N–H and O–H groups in total. The Hall–Kier alpha value is -1.13. The molecule has 202 valence electrons. The van der Waals surface area contributed by atoms with Gasteiger partial charge in [-0.3, -0.25) is 4.79 Å². The maximum Gasteiger partial charge on any atom is 0.303 e. The van der Waals surface area contributed by atoms with Crippen LogP contribution in [0.25, 0.3) is 0 Å². The summed E-state index contributed by atoms with van der Waals surface area (Å²) in [6.45, 7) is 20.2. The molecule has 2 saturated carbocycles. The second kappa shape index (κ2) is 8.43. The maximum absolute atomic E-state index is 12.1. The molecule has 0 amide bonds. The molecule has 36 heavy (non-hydrogen) atoms. The second-order valence-electron chi connectivity index (χ2n) is 14.6. The van der Waals surface area contributed by atoms with Crippen LogP contribution in [0.3, 0.4) is 0 Å². The number of carbonyl (C=O) groups is 1. The number of rotatable bonds is 2. The molecule has 0 aromatic rings. The van der Waals surface area contributed by atoms with E-state index in [0.717, 1.165) is 32.1 Å². The topological polar surface area (TPSA) is 55.8 Å². The summed E-state index contributed by atoms with van der Waals surface area (Å²) >= 11 is 0. The van der Waals surface area contributed by atoms with Crippen molar-refractivity contribution < 1.29 is 19.4 Å². The molecule has 5 aliphatic rings. The second-order valence-corrected chi connectivity index (χ2v) is 14.6. The first-order valence-corrected chi connectivity index (χ1v) is 14.6. The van der Waals surface area contributed by atoms with Crippen LogP contribution >= 0.6 is 0 Å². The lowest BCUT2D eigenvalue weighted by Gasteiger charge is -2.62. The highest BCUT2D eigenvalue weighted by Gasteiger charge is 2.68. The molecule has 4 heteroatoms. The maximum atomic E-state index is 12.1. The van der Waals surface area contributed by atoms with Gasteiger partial charge in [0.1, 0.15) is 12.2 Å². The van der Waals surface area contributed by atoms with E-state index < -0.39 is 0 Å². The highest BCUT2D eigenvalue weighted by Crippen LogP contribution is 2.73. The van der Waals surface area contributed by atoms with Crippen molar-refractivity contribution in [2.75, 3.05) is 0 Å². The fraction of sp³-hybridized carbons (Fsp3) is 0.844. The lowest BCUT2D eigenvalue weighted by atomic mass is 9.43. The fourth-order valence-electron chi connectivity index (χ4n) is 10.4. The van der Waals surface area contributed by atoms with Crippen LogP contribution in [0.4, 0.5) is 0 Å². The summed E-state index contributed by atoms with van der Waals surface area (Å²) in [7, 11) is 0. The van der Waals surface area contributed by atoms with E-state index in [-0.39, 0.29) is 58.0 Å². The van der Waals surface area contributed by atoms with E-state index in [1.54, 1.807) is 11.1 Å².